The first kappa shape index (κ1) is 55.2. The van der Waals surface area contributed by atoms with E-state index in [9.17, 15) is 30.3 Å². The Morgan fingerprint density at radius 3 is 1.56 bits per heavy atom. The number of unbranched alkanes of at least 4 members (excludes halogenated alkanes) is 24. The Hall–Kier alpha value is -1.85. The maximum Gasteiger partial charge on any atom is 0.220 e. The summed E-state index contributed by atoms with van der Waals surface area (Å²) in [5, 5.41) is 54.0. The minimum Gasteiger partial charge on any atom is -0.394 e. The normalized spacial score (nSPS) is 21.1. The van der Waals surface area contributed by atoms with E-state index in [1.54, 1.807) is 6.08 Å². The number of amides is 1. The van der Waals surface area contributed by atoms with Crippen LogP contribution in [-0.2, 0) is 14.3 Å². The molecular formula is C50H91NO8. The third kappa shape index (κ3) is 30.8. The van der Waals surface area contributed by atoms with Gasteiger partial charge in [0, 0.05) is 6.42 Å². The van der Waals surface area contributed by atoms with Gasteiger partial charge in [0.15, 0.2) is 6.29 Å². The van der Waals surface area contributed by atoms with Gasteiger partial charge in [-0.05, 0) is 64.2 Å². The fourth-order valence-corrected chi connectivity index (χ4v) is 7.44. The van der Waals surface area contributed by atoms with Crippen LogP contribution in [0.3, 0.4) is 0 Å². The van der Waals surface area contributed by atoms with Crippen molar-refractivity contribution in [3.8, 4) is 0 Å². The minimum absolute atomic E-state index is 0.190. The van der Waals surface area contributed by atoms with Crippen LogP contribution in [-0.4, -0.2) is 87.5 Å². The zero-order valence-electron chi connectivity index (χ0n) is 37.7. The van der Waals surface area contributed by atoms with Crippen LogP contribution < -0.4 is 5.32 Å². The van der Waals surface area contributed by atoms with Crippen LogP contribution in [0, 0.1) is 0 Å². The van der Waals surface area contributed by atoms with Gasteiger partial charge >= 0.3 is 0 Å². The summed E-state index contributed by atoms with van der Waals surface area (Å²) in [4.78, 5) is 12.9. The standard InChI is InChI=1S/C50H91NO8/c1-3-5-7-9-11-13-14-15-16-17-18-19-20-21-22-23-24-25-26-27-28-29-30-32-34-36-38-40-46(54)51-43(44(53)39-37-35-33-31-12-10-8-6-4-2)42-58-50-49(57)48(56)47(55)45(41-52)59-50/h12,14-15,17-18,31,37,39,43-45,47-50,52-53,55-57H,3-11,13,16,19-30,32-36,38,40-42H2,1-2H3,(H,51,54)/b15-14-,18-17-,31-12+,39-37+. The Kier molecular flexibility index (Phi) is 37.6. The summed E-state index contributed by atoms with van der Waals surface area (Å²) in [5.74, 6) is -0.190. The summed E-state index contributed by atoms with van der Waals surface area (Å²) in [7, 11) is 0. The van der Waals surface area contributed by atoms with Crippen LogP contribution in [0.1, 0.15) is 206 Å². The van der Waals surface area contributed by atoms with Crippen molar-refractivity contribution in [1.29, 1.82) is 0 Å². The number of carbonyl (C=O) groups excluding carboxylic acids is 1. The topological polar surface area (TPSA) is 149 Å². The van der Waals surface area contributed by atoms with E-state index in [0.717, 1.165) is 44.9 Å². The van der Waals surface area contributed by atoms with Crippen molar-refractivity contribution in [2.45, 2.75) is 249 Å². The lowest BCUT2D eigenvalue weighted by Crippen LogP contribution is -2.60. The Morgan fingerprint density at radius 1 is 0.576 bits per heavy atom. The molecule has 59 heavy (non-hydrogen) atoms. The van der Waals surface area contributed by atoms with Crippen molar-refractivity contribution in [1.82, 2.24) is 5.32 Å². The summed E-state index contributed by atoms with van der Waals surface area (Å²) in [5.41, 5.74) is 0. The Morgan fingerprint density at radius 2 is 1.02 bits per heavy atom. The number of carbonyl (C=O) groups is 1. The lowest BCUT2D eigenvalue weighted by Gasteiger charge is -2.40. The first-order chi connectivity index (χ1) is 28.8. The summed E-state index contributed by atoms with van der Waals surface area (Å²) in [6.45, 7) is 3.69. The van der Waals surface area contributed by atoms with Gasteiger partial charge in [0.05, 0.1) is 25.4 Å². The number of aliphatic hydroxyl groups excluding tert-OH is 5. The van der Waals surface area contributed by atoms with Crippen LogP contribution in [0.5, 0.6) is 0 Å². The second-order valence-electron chi connectivity index (χ2n) is 16.9. The molecule has 0 radical (unpaired) electrons. The van der Waals surface area contributed by atoms with E-state index in [2.05, 4.69) is 55.6 Å². The number of rotatable bonds is 40. The highest BCUT2D eigenvalue weighted by Gasteiger charge is 2.44. The van der Waals surface area contributed by atoms with Gasteiger partial charge in [-0.1, -0.05) is 184 Å². The summed E-state index contributed by atoms with van der Waals surface area (Å²) in [6, 6.07) is -0.819. The third-order valence-corrected chi connectivity index (χ3v) is 11.4. The van der Waals surface area contributed by atoms with Crippen molar-refractivity contribution in [3.05, 3.63) is 48.6 Å². The molecular weight excluding hydrogens is 743 g/mol. The Labute approximate surface area is 361 Å². The molecule has 6 N–H and O–H groups in total. The van der Waals surface area contributed by atoms with Gasteiger partial charge in [-0.15, -0.1) is 0 Å². The highest BCUT2D eigenvalue weighted by molar-refractivity contribution is 5.76. The van der Waals surface area contributed by atoms with Crippen LogP contribution in [0.2, 0.25) is 0 Å². The molecule has 0 aliphatic carbocycles. The number of aliphatic hydroxyl groups is 5. The molecule has 7 atom stereocenters. The average Bonchev–Trinajstić information content (AvgIpc) is 3.23. The molecule has 1 aliphatic rings. The quantitative estimate of drug-likeness (QED) is 0.0264. The maximum absolute atomic E-state index is 12.9. The van der Waals surface area contributed by atoms with E-state index in [1.807, 2.05) is 6.08 Å². The molecule has 9 heteroatoms. The zero-order valence-corrected chi connectivity index (χ0v) is 37.7. The van der Waals surface area contributed by atoms with Crippen LogP contribution in [0.4, 0.5) is 0 Å². The van der Waals surface area contributed by atoms with Gasteiger partial charge in [0.25, 0.3) is 0 Å². The van der Waals surface area contributed by atoms with Crippen LogP contribution in [0.25, 0.3) is 0 Å². The summed E-state index contributed by atoms with van der Waals surface area (Å²) < 4.78 is 11.2. The fourth-order valence-electron chi connectivity index (χ4n) is 7.44. The average molecular weight is 834 g/mol. The number of allylic oxidation sites excluding steroid dienone is 7. The van der Waals surface area contributed by atoms with E-state index in [1.165, 1.54) is 141 Å². The molecule has 1 heterocycles. The molecule has 0 aromatic carbocycles. The molecule has 0 saturated carbocycles. The zero-order chi connectivity index (χ0) is 43.0. The van der Waals surface area contributed by atoms with E-state index in [0.29, 0.717) is 6.42 Å². The van der Waals surface area contributed by atoms with E-state index < -0.39 is 49.5 Å². The second kappa shape index (κ2) is 40.2. The van der Waals surface area contributed by atoms with Crippen molar-refractivity contribution in [2.75, 3.05) is 13.2 Å². The third-order valence-electron chi connectivity index (χ3n) is 11.4. The van der Waals surface area contributed by atoms with Crippen molar-refractivity contribution < 1.29 is 39.8 Å². The molecule has 1 rings (SSSR count). The van der Waals surface area contributed by atoms with Gasteiger partial charge in [0.1, 0.15) is 24.4 Å². The molecule has 9 nitrogen and oxygen atoms in total. The lowest BCUT2D eigenvalue weighted by molar-refractivity contribution is -0.302. The molecule has 1 amide bonds. The number of nitrogens with one attached hydrogen (secondary N) is 1. The predicted molar refractivity (Wildman–Crippen MR) is 244 cm³/mol. The van der Waals surface area contributed by atoms with Gasteiger partial charge in [-0.25, -0.2) is 0 Å². The molecule has 0 spiro atoms. The van der Waals surface area contributed by atoms with Crippen molar-refractivity contribution in [3.63, 3.8) is 0 Å². The summed E-state index contributed by atoms with van der Waals surface area (Å²) in [6.07, 6.45) is 44.7. The second-order valence-corrected chi connectivity index (χ2v) is 16.9. The highest BCUT2D eigenvalue weighted by atomic mass is 16.7. The van der Waals surface area contributed by atoms with Gasteiger partial charge in [0.2, 0.25) is 5.91 Å². The Bertz CT molecular complexity index is 1060. The predicted octanol–water partition coefficient (Wildman–Crippen LogP) is 10.6. The smallest absolute Gasteiger partial charge is 0.220 e. The van der Waals surface area contributed by atoms with E-state index >= 15 is 0 Å². The molecule has 1 saturated heterocycles. The van der Waals surface area contributed by atoms with Crippen LogP contribution >= 0.6 is 0 Å². The first-order valence-corrected chi connectivity index (χ1v) is 24.4. The highest BCUT2D eigenvalue weighted by Crippen LogP contribution is 2.22. The molecule has 0 bridgehead atoms. The molecule has 1 aliphatic heterocycles. The largest absolute Gasteiger partial charge is 0.394 e. The summed E-state index contributed by atoms with van der Waals surface area (Å²) >= 11 is 0. The molecule has 0 aromatic rings. The Balaban J connectivity index is 2.18. The molecule has 0 aromatic heterocycles. The number of hydrogen-bond donors (Lipinski definition) is 6. The molecule has 1 fully saturated rings. The molecule has 7 unspecified atom stereocenters. The maximum atomic E-state index is 12.9. The van der Waals surface area contributed by atoms with Gasteiger partial charge in [-0.2, -0.15) is 0 Å². The minimum atomic E-state index is -1.57. The number of hydrogen-bond acceptors (Lipinski definition) is 8. The van der Waals surface area contributed by atoms with Gasteiger partial charge in [-0.3, -0.25) is 4.79 Å². The fraction of sp³-hybridized carbons (Fsp3) is 0.820. The lowest BCUT2D eigenvalue weighted by atomic mass is 9.99. The number of ether oxygens (including phenoxy) is 2. The van der Waals surface area contributed by atoms with Gasteiger partial charge < -0.3 is 40.3 Å². The van der Waals surface area contributed by atoms with E-state index in [4.69, 9.17) is 9.47 Å². The monoisotopic (exact) mass is 834 g/mol. The van der Waals surface area contributed by atoms with Crippen molar-refractivity contribution in [2.24, 2.45) is 0 Å². The van der Waals surface area contributed by atoms with E-state index in [-0.39, 0.29) is 12.5 Å². The first-order valence-electron chi connectivity index (χ1n) is 24.4. The van der Waals surface area contributed by atoms with Crippen molar-refractivity contribution >= 4 is 5.91 Å². The van der Waals surface area contributed by atoms with Crippen LogP contribution in [0.15, 0.2) is 48.6 Å². The molecule has 344 valence electrons. The SMILES string of the molecule is CCCCC/C=C/CC/C=C/C(O)C(COC1OC(CO)C(O)C(O)C1O)NC(=O)CCCCCCCCCCCCCCCCC/C=C\C/C=C\CCCCCCC.